The van der Waals surface area contributed by atoms with Gasteiger partial charge in [-0.05, 0) is 26.0 Å². The van der Waals surface area contributed by atoms with E-state index in [0.29, 0.717) is 13.1 Å². The molecule has 0 aromatic heterocycles. The summed E-state index contributed by atoms with van der Waals surface area (Å²) in [5.41, 5.74) is 5.06. The Kier molecular flexibility index (Phi) is 5.51. The monoisotopic (exact) mass is 252 g/mol. The third-order valence-electron chi connectivity index (χ3n) is 2.52. The number of rotatable bonds is 6. The van der Waals surface area contributed by atoms with Gasteiger partial charge in [-0.3, -0.25) is 4.79 Å². The van der Waals surface area contributed by atoms with Crippen LogP contribution in [0.15, 0.2) is 35.2 Å². The molecule has 1 amide bonds. The molecule has 3 N–H and O–H groups in total. The SMILES string of the molecule is CC(C)(CN)C(=O)NCCSc1ccccc1. The molecule has 0 aliphatic rings. The average molecular weight is 252 g/mol. The van der Waals surface area contributed by atoms with Crippen LogP contribution in [-0.2, 0) is 4.79 Å². The molecule has 3 nitrogen and oxygen atoms in total. The Bertz CT molecular complexity index is 352. The molecule has 94 valence electrons. The van der Waals surface area contributed by atoms with Gasteiger partial charge in [0.25, 0.3) is 0 Å². The molecule has 0 aliphatic heterocycles. The summed E-state index contributed by atoms with van der Waals surface area (Å²) >= 11 is 1.73. The quantitative estimate of drug-likeness (QED) is 0.600. The van der Waals surface area contributed by atoms with E-state index in [0.717, 1.165) is 5.75 Å². The first-order valence-electron chi connectivity index (χ1n) is 5.72. The Morgan fingerprint density at radius 1 is 1.35 bits per heavy atom. The Hall–Kier alpha value is -1.00. The summed E-state index contributed by atoms with van der Waals surface area (Å²) in [6, 6.07) is 10.2. The zero-order valence-corrected chi connectivity index (χ0v) is 11.2. The van der Waals surface area contributed by atoms with Crippen molar-refractivity contribution in [1.29, 1.82) is 0 Å². The topological polar surface area (TPSA) is 55.1 Å². The number of hydrogen-bond donors (Lipinski definition) is 2. The predicted octanol–water partition coefficient (Wildman–Crippen LogP) is 1.88. The first-order valence-corrected chi connectivity index (χ1v) is 6.71. The number of carbonyl (C=O) groups is 1. The third-order valence-corrected chi connectivity index (χ3v) is 3.54. The van der Waals surface area contributed by atoms with Gasteiger partial charge in [-0.15, -0.1) is 11.8 Å². The second-order valence-corrected chi connectivity index (χ2v) is 5.67. The lowest BCUT2D eigenvalue weighted by molar-refractivity contribution is -0.128. The maximum Gasteiger partial charge on any atom is 0.226 e. The molecule has 0 bridgehead atoms. The lowest BCUT2D eigenvalue weighted by Gasteiger charge is -2.21. The fourth-order valence-electron chi connectivity index (χ4n) is 1.18. The fourth-order valence-corrected chi connectivity index (χ4v) is 1.97. The molecule has 0 spiro atoms. The van der Waals surface area contributed by atoms with E-state index in [9.17, 15) is 4.79 Å². The van der Waals surface area contributed by atoms with Crippen molar-refractivity contribution in [1.82, 2.24) is 5.32 Å². The van der Waals surface area contributed by atoms with Crippen LogP contribution in [0.1, 0.15) is 13.8 Å². The van der Waals surface area contributed by atoms with Crippen molar-refractivity contribution in [2.24, 2.45) is 11.1 Å². The number of nitrogens with two attached hydrogens (primary N) is 1. The summed E-state index contributed by atoms with van der Waals surface area (Å²) in [5.74, 6) is 0.893. The summed E-state index contributed by atoms with van der Waals surface area (Å²) in [6.07, 6.45) is 0. The van der Waals surface area contributed by atoms with Crippen LogP contribution in [0.4, 0.5) is 0 Å². The van der Waals surface area contributed by atoms with Crippen LogP contribution < -0.4 is 11.1 Å². The van der Waals surface area contributed by atoms with Gasteiger partial charge in [0.05, 0.1) is 5.41 Å². The van der Waals surface area contributed by atoms with E-state index in [1.54, 1.807) is 11.8 Å². The highest BCUT2D eigenvalue weighted by atomic mass is 32.2. The molecule has 1 rings (SSSR count). The van der Waals surface area contributed by atoms with Crippen LogP contribution in [0.25, 0.3) is 0 Å². The third kappa shape index (κ3) is 4.79. The van der Waals surface area contributed by atoms with Gasteiger partial charge >= 0.3 is 0 Å². The van der Waals surface area contributed by atoms with Crippen LogP contribution in [0.5, 0.6) is 0 Å². The predicted molar refractivity (Wildman–Crippen MR) is 73.0 cm³/mol. The Balaban J connectivity index is 2.23. The van der Waals surface area contributed by atoms with E-state index >= 15 is 0 Å². The van der Waals surface area contributed by atoms with Gasteiger partial charge in [0.15, 0.2) is 0 Å². The summed E-state index contributed by atoms with van der Waals surface area (Å²) in [5, 5.41) is 2.90. The van der Waals surface area contributed by atoms with Crippen molar-refractivity contribution < 1.29 is 4.79 Å². The molecule has 0 saturated carbocycles. The largest absolute Gasteiger partial charge is 0.355 e. The van der Waals surface area contributed by atoms with Crippen LogP contribution in [-0.4, -0.2) is 24.7 Å². The number of amides is 1. The molecule has 1 aromatic carbocycles. The van der Waals surface area contributed by atoms with E-state index in [2.05, 4.69) is 17.4 Å². The molecule has 17 heavy (non-hydrogen) atoms. The van der Waals surface area contributed by atoms with Crippen LogP contribution >= 0.6 is 11.8 Å². The summed E-state index contributed by atoms with van der Waals surface area (Å²) in [7, 11) is 0. The molecule has 0 radical (unpaired) electrons. The second-order valence-electron chi connectivity index (χ2n) is 4.51. The minimum Gasteiger partial charge on any atom is -0.355 e. The Morgan fingerprint density at radius 3 is 2.59 bits per heavy atom. The molecular formula is C13H20N2OS. The molecule has 0 heterocycles. The number of benzene rings is 1. The zero-order chi connectivity index (χ0) is 12.7. The van der Waals surface area contributed by atoms with E-state index in [1.807, 2.05) is 32.0 Å². The van der Waals surface area contributed by atoms with Crippen LogP contribution in [0.3, 0.4) is 0 Å². The molecule has 4 heteroatoms. The maximum atomic E-state index is 11.7. The minimum atomic E-state index is -0.475. The fraction of sp³-hybridized carbons (Fsp3) is 0.462. The van der Waals surface area contributed by atoms with Crippen molar-refractivity contribution in [3.63, 3.8) is 0 Å². The van der Waals surface area contributed by atoms with Crippen molar-refractivity contribution >= 4 is 17.7 Å². The summed E-state index contributed by atoms with van der Waals surface area (Å²) < 4.78 is 0. The van der Waals surface area contributed by atoms with Gasteiger partial charge in [-0.1, -0.05) is 18.2 Å². The standard InChI is InChI=1S/C13H20N2OS/c1-13(2,10-14)12(16)15-8-9-17-11-6-4-3-5-7-11/h3-7H,8-10,14H2,1-2H3,(H,15,16). The van der Waals surface area contributed by atoms with Crippen molar-refractivity contribution in [3.8, 4) is 0 Å². The maximum absolute atomic E-state index is 11.7. The highest BCUT2D eigenvalue weighted by molar-refractivity contribution is 7.99. The number of thioether (sulfide) groups is 1. The average Bonchev–Trinajstić information content (AvgIpc) is 2.35. The second kappa shape index (κ2) is 6.67. The lowest BCUT2D eigenvalue weighted by atomic mass is 9.93. The van der Waals surface area contributed by atoms with Crippen molar-refractivity contribution in [3.05, 3.63) is 30.3 Å². The number of carbonyl (C=O) groups excluding carboxylic acids is 1. The van der Waals surface area contributed by atoms with E-state index in [1.165, 1.54) is 4.90 Å². The Morgan fingerprint density at radius 2 is 2.00 bits per heavy atom. The van der Waals surface area contributed by atoms with Crippen molar-refractivity contribution in [2.45, 2.75) is 18.7 Å². The molecule has 0 fully saturated rings. The lowest BCUT2D eigenvalue weighted by Crippen LogP contribution is -2.42. The van der Waals surface area contributed by atoms with Crippen LogP contribution in [0.2, 0.25) is 0 Å². The zero-order valence-electron chi connectivity index (χ0n) is 10.4. The van der Waals surface area contributed by atoms with Gasteiger partial charge in [0.2, 0.25) is 5.91 Å². The van der Waals surface area contributed by atoms with Gasteiger partial charge < -0.3 is 11.1 Å². The molecule has 0 atom stereocenters. The summed E-state index contributed by atoms with van der Waals surface area (Å²) in [4.78, 5) is 12.9. The normalized spacial score (nSPS) is 11.2. The first kappa shape index (κ1) is 14.1. The van der Waals surface area contributed by atoms with Gasteiger partial charge in [-0.25, -0.2) is 0 Å². The van der Waals surface area contributed by atoms with Gasteiger partial charge in [0.1, 0.15) is 0 Å². The highest BCUT2D eigenvalue weighted by Gasteiger charge is 2.24. The minimum absolute atomic E-state index is 0.0219. The van der Waals surface area contributed by atoms with Gasteiger partial charge in [0, 0.05) is 23.7 Å². The summed E-state index contributed by atoms with van der Waals surface area (Å²) in [6.45, 7) is 4.74. The Labute approximate surface area is 107 Å². The molecular weight excluding hydrogens is 232 g/mol. The molecule has 0 aliphatic carbocycles. The number of nitrogens with one attached hydrogen (secondary N) is 1. The molecule has 0 saturated heterocycles. The molecule has 0 unspecified atom stereocenters. The highest BCUT2D eigenvalue weighted by Crippen LogP contribution is 2.16. The van der Waals surface area contributed by atoms with E-state index in [4.69, 9.17) is 5.73 Å². The first-order chi connectivity index (χ1) is 8.06. The van der Waals surface area contributed by atoms with E-state index in [-0.39, 0.29) is 5.91 Å². The van der Waals surface area contributed by atoms with Crippen molar-refractivity contribution in [2.75, 3.05) is 18.8 Å². The smallest absolute Gasteiger partial charge is 0.226 e. The van der Waals surface area contributed by atoms with E-state index < -0.39 is 5.41 Å². The van der Waals surface area contributed by atoms with Gasteiger partial charge in [-0.2, -0.15) is 0 Å². The number of hydrogen-bond acceptors (Lipinski definition) is 3. The van der Waals surface area contributed by atoms with Crippen LogP contribution in [0, 0.1) is 5.41 Å². The molecule has 1 aromatic rings.